The Bertz CT molecular complexity index is 845. The smallest absolute Gasteiger partial charge is 0.223 e. The predicted molar refractivity (Wildman–Crippen MR) is 91.5 cm³/mol. The van der Waals surface area contributed by atoms with E-state index in [0.29, 0.717) is 11.6 Å². The lowest BCUT2D eigenvalue weighted by Crippen LogP contribution is -2.14. The fraction of sp³-hybridized carbons (Fsp3) is 0.222. The van der Waals surface area contributed by atoms with Crippen LogP contribution in [0.4, 0.5) is 10.3 Å². The summed E-state index contributed by atoms with van der Waals surface area (Å²) in [5, 5.41) is 4.46. The second kappa shape index (κ2) is 6.70. The van der Waals surface area contributed by atoms with Crippen molar-refractivity contribution in [2.45, 2.75) is 6.61 Å². The van der Waals surface area contributed by atoms with Gasteiger partial charge in [0.1, 0.15) is 18.2 Å². The van der Waals surface area contributed by atoms with Gasteiger partial charge in [-0.25, -0.2) is 9.07 Å². The lowest BCUT2D eigenvalue weighted by Gasteiger charge is -2.10. The van der Waals surface area contributed by atoms with Gasteiger partial charge in [0.15, 0.2) is 5.82 Å². The molecule has 24 heavy (non-hydrogen) atoms. The molecule has 0 saturated heterocycles. The first-order valence-electron chi connectivity index (χ1n) is 7.59. The molecule has 0 atom stereocenters. The van der Waals surface area contributed by atoms with Crippen molar-refractivity contribution in [3.8, 4) is 17.1 Å². The molecular formula is C18H19FN4O. The molecule has 1 heterocycles. The highest BCUT2D eigenvalue weighted by molar-refractivity contribution is 5.64. The molecule has 0 aliphatic heterocycles. The lowest BCUT2D eigenvalue weighted by atomic mass is 10.2. The highest BCUT2D eigenvalue weighted by Gasteiger charge is 2.14. The van der Waals surface area contributed by atoms with Crippen LogP contribution in [0.1, 0.15) is 5.56 Å². The van der Waals surface area contributed by atoms with E-state index < -0.39 is 0 Å². The summed E-state index contributed by atoms with van der Waals surface area (Å²) in [5.74, 6) is 1.74. The van der Waals surface area contributed by atoms with Gasteiger partial charge in [0, 0.05) is 21.1 Å². The van der Waals surface area contributed by atoms with E-state index in [0.717, 1.165) is 17.1 Å². The van der Waals surface area contributed by atoms with E-state index in [2.05, 4.69) is 10.1 Å². The SMILES string of the molecule is CN(C)c1nc(-c2ccccc2OCc2cccc(F)c2)nn1C. The summed E-state index contributed by atoms with van der Waals surface area (Å²) in [7, 11) is 5.68. The van der Waals surface area contributed by atoms with Crippen LogP contribution < -0.4 is 9.64 Å². The van der Waals surface area contributed by atoms with Crippen LogP contribution in [0.3, 0.4) is 0 Å². The Morgan fingerprint density at radius 1 is 1.12 bits per heavy atom. The van der Waals surface area contributed by atoms with Gasteiger partial charge in [-0.3, -0.25) is 0 Å². The molecule has 0 spiro atoms. The third-order valence-electron chi connectivity index (χ3n) is 3.55. The van der Waals surface area contributed by atoms with E-state index in [1.54, 1.807) is 10.7 Å². The molecule has 0 N–H and O–H groups in total. The van der Waals surface area contributed by atoms with E-state index in [4.69, 9.17) is 4.74 Å². The zero-order valence-electron chi connectivity index (χ0n) is 13.9. The first-order chi connectivity index (χ1) is 11.5. The predicted octanol–water partition coefficient (Wildman–Crippen LogP) is 3.27. The number of anilines is 1. The Morgan fingerprint density at radius 3 is 2.62 bits per heavy atom. The first kappa shape index (κ1) is 16.0. The molecule has 3 aromatic rings. The maximum atomic E-state index is 13.3. The molecule has 6 heteroatoms. The molecule has 0 unspecified atom stereocenters. The summed E-state index contributed by atoms with van der Waals surface area (Å²) in [6, 6.07) is 14.0. The Morgan fingerprint density at radius 2 is 1.92 bits per heavy atom. The monoisotopic (exact) mass is 326 g/mol. The molecule has 0 amide bonds. The highest BCUT2D eigenvalue weighted by atomic mass is 19.1. The molecular weight excluding hydrogens is 307 g/mol. The van der Waals surface area contributed by atoms with Crippen LogP contribution in [0.25, 0.3) is 11.4 Å². The van der Waals surface area contributed by atoms with Gasteiger partial charge in [-0.15, -0.1) is 5.10 Å². The van der Waals surface area contributed by atoms with Crippen molar-refractivity contribution in [3.05, 3.63) is 59.9 Å². The van der Waals surface area contributed by atoms with Crippen LogP contribution in [0.2, 0.25) is 0 Å². The summed E-state index contributed by atoms with van der Waals surface area (Å²) in [6.45, 7) is 0.280. The maximum absolute atomic E-state index is 13.3. The van der Waals surface area contributed by atoms with E-state index in [9.17, 15) is 4.39 Å². The quantitative estimate of drug-likeness (QED) is 0.722. The average molecular weight is 326 g/mol. The van der Waals surface area contributed by atoms with Crippen LogP contribution >= 0.6 is 0 Å². The molecule has 5 nitrogen and oxygen atoms in total. The van der Waals surface area contributed by atoms with Crippen molar-refractivity contribution in [1.82, 2.24) is 14.8 Å². The third kappa shape index (κ3) is 3.37. The Hall–Kier alpha value is -2.89. The summed E-state index contributed by atoms with van der Waals surface area (Å²) in [5.41, 5.74) is 1.57. The van der Waals surface area contributed by atoms with Gasteiger partial charge in [-0.1, -0.05) is 24.3 Å². The molecule has 0 fully saturated rings. The second-order valence-corrected chi connectivity index (χ2v) is 5.67. The van der Waals surface area contributed by atoms with E-state index in [1.165, 1.54) is 12.1 Å². The summed E-state index contributed by atoms with van der Waals surface area (Å²) in [4.78, 5) is 6.44. The summed E-state index contributed by atoms with van der Waals surface area (Å²) in [6.07, 6.45) is 0. The number of aromatic nitrogens is 3. The zero-order chi connectivity index (χ0) is 17.1. The molecule has 0 bridgehead atoms. The minimum atomic E-state index is -0.272. The van der Waals surface area contributed by atoms with Gasteiger partial charge in [0.05, 0.1) is 5.56 Å². The maximum Gasteiger partial charge on any atom is 0.223 e. The number of halogens is 1. The van der Waals surface area contributed by atoms with Crippen LogP contribution in [-0.4, -0.2) is 28.9 Å². The lowest BCUT2D eigenvalue weighted by molar-refractivity contribution is 0.306. The van der Waals surface area contributed by atoms with Gasteiger partial charge in [0.25, 0.3) is 0 Å². The van der Waals surface area contributed by atoms with Gasteiger partial charge in [-0.05, 0) is 29.8 Å². The molecule has 0 saturated carbocycles. The molecule has 3 rings (SSSR count). The first-order valence-corrected chi connectivity index (χ1v) is 7.59. The fourth-order valence-corrected chi connectivity index (χ4v) is 2.44. The third-order valence-corrected chi connectivity index (χ3v) is 3.55. The largest absolute Gasteiger partial charge is 0.488 e. The summed E-state index contributed by atoms with van der Waals surface area (Å²) >= 11 is 0. The van der Waals surface area contributed by atoms with Crippen molar-refractivity contribution >= 4 is 5.95 Å². The zero-order valence-corrected chi connectivity index (χ0v) is 13.9. The van der Waals surface area contributed by atoms with Gasteiger partial charge in [-0.2, -0.15) is 4.98 Å². The van der Waals surface area contributed by atoms with Crippen molar-refractivity contribution in [2.24, 2.45) is 7.05 Å². The van der Waals surface area contributed by atoms with E-state index in [1.807, 2.05) is 56.4 Å². The Labute approximate surface area is 140 Å². The molecule has 0 aliphatic rings. The normalized spacial score (nSPS) is 10.7. The van der Waals surface area contributed by atoms with Gasteiger partial charge in [0.2, 0.25) is 5.95 Å². The number of nitrogens with zero attached hydrogens (tertiary/aromatic N) is 4. The molecule has 2 aromatic carbocycles. The average Bonchev–Trinajstić information content (AvgIpc) is 2.95. The number of ether oxygens (including phenoxy) is 1. The van der Waals surface area contributed by atoms with Crippen molar-refractivity contribution in [3.63, 3.8) is 0 Å². The summed E-state index contributed by atoms with van der Waals surface area (Å²) < 4.78 is 20.9. The second-order valence-electron chi connectivity index (χ2n) is 5.67. The van der Waals surface area contributed by atoms with Crippen LogP contribution in [0.15, 0.2) is 48.5 Å². The molecule has 1 aromatic heterocycles. The fourth-order valence-electron chi connectivity index (χ4n) is 2.44. The number of rotatable bonds is 5. The van der Waals surface area contributed by atoms with Gasteiger partial charge < -0.3 is 9.64 Å². The van der Waals surface area contributed by atoms with Crippen molar-refractivity contribution < 1.29 is 9.13 Å². The topological polar surface area (TPSA) is 43.2 Å². The number of hydrogen-bond acceptors (Lipinski definition) is 4. The van der Waals surface area contributed by atoms with Crippen LogP contribution in [0.5, 0.6) is 5.75 Å². The number of aryl methyl sites for hydroxylation is 1. The minimum absolute atomic E-state index is 0.272. The van der Waals surface area contributed by atoms with Crippen molar-refractivity contribution in [2.75, 3.05) is 19.0 Å². The Balaban J connectivity index is 1.87. The molecule has 124 valence electrons. The molecule has 0 radical (unpaired) electrons. The van der Waals surface area contributed by atoms with Gasteiger partial charge >= 0.3 is 0 Å². The Kier molecular flexibility index (Phi) is 4.46. The molecule has 0 aliphatic carbocycles. The van der Waals surface area contributed by atoms with Crippen molar-refractivity contribution in [1.29, 1.82) is 0 Å². The highest BCUT2D eigenvalue weighted by Crippen LogP contribution is 2.29. The standard InChI is InChI=1S/C18H19FN4O/c1-22(2)18-20-17(21-23(18)3)15-9-4-5-10-16(15)24-12-13-7-6-8-14(19)11-13/h4-11H,12H2,1-3H3. The minimum Gasteiger partial charge on any atom is -0.488 e. The number of para-hydroxylation sites is 1. The number of benzene rings is 2. The van der Waals surface area contributed by atoms with Crippen LogP contribution in [0, 0.1) is 5.82 Å². The van der Waals surface area contributed by atoms with E-state index >= 15 is 0 Å². The van der Waals surface area contributed by atoms with Crippen LogP contribution in [-0.2, 0) is 13.7 Å². The van der Waals surface area contributed by atoms with E-state index in [-0.39, 0.29) is 12.4 Å². The number of hydrogen-bond donors (Lipinski definition) is 0.